The van der Waals surface area contributed by atoms with Crippen molar-refractivity contribution in [2.24, 2.45) is 0 Å². The summed E-state index contributed by atoms with van der Waals surface area (Å²) in [5.41, 5.74) is 1.13. The Morgan fingerprint density at radius 2 is 2.04 bits per heavy atom. The third-order valence-corrected chi connectivity index (χ3v) is 3.72. The molecule has 0 unspecified atom stereocenters. The monoisotopic (exact) mass is 354 g/mol. The van der Waals surface area contributed by atoms with Crippen LogP contribution in [0.5, 0.6) is 11.5 Å². The molecule has 24 heavy (non-hydrogen) atoms. The number of aromatic hydroxyl groups is 1. The third kappa shape index (κ3) is 3.56. The highest BCUT2D eigenvalue weighted by Gasteiger charge is 2.33. The zero-order chi connectivity index (χ0) is 18.0. The summed E-state index contributed by atoms with van der Waals surface area (Å²) in [4.78, 5) is 24.3. The maximum absolute atomic E-state index is 12.4. The number of benzene rings is 1. The average molecular weight is 355 g/mol. The summed E-state index contributed by atoms with van der Waals surface area (Å²) in [5.74, 6) is -0.627. The van der Waals surface area contributed by atoms with Crippen molar-refractivity contribution in [1.29, 1.82) is 0 Å². The van der Waals surface area contributed by atoms with Crippen LogP contribution >= 0.6 is 11.6 Å². The van der Waals surface area contributed by atoms with E-state index in [2.05, 4.69) is 10.6 Å². The van der Waals surface area contributed by atoms with Crippen LogP contribution < -0.4 is 15.4 Å². The van der Waals surface area contributed by atoms with Gasteiger partial charge in [0, 0.05) is 5.70 Å². The minimum absolute atomic E-state index is 0.0476. The Labute approximate surface area is 144 Å². The van der Waals surface area contributed by atoms with Gasteiger partial charge in [0.25, 0.3) is 0 Å². The zero-order valence-electron chi connectivity index (χ0n) is 13.8. The van der Waals surface area contributed by atoms with Crippen molar-refractivity contribution < 1.29 is 24.2 Å². The van der Waals surface area contributed by atoms with Crippen LogP contribution in [0.1, 0.15) is 32.4 Å². The first-order valence-corrected chi connectivity index (χ1v) is 7.68. The number of urea groups is 1. The molecule has 1 aliphatic rings. The molecular weight excluding hydrogens is 336 g/mol. The standard InChI is InChI=1S/C16H19ClN2O5/c1-7(2)24-15(21)12-8(3)18-16(22)19-13(12)9-5-10(17)14(20)11(6-9)23-4/h5-7,13,20H,1-4H3,(H2,18,19,22)/t13-/m1/s1. The predicted molar refractivity (Wildman–Crippen MR) is 88.0 cm³/mol. The number of ether oxygens (including phenoxy) is 2. The second-order valence-electron chi connectivity index (χ2n) is 5.58. The fourth-order valence-corrected chi connectivity index (χ4v) is 2.63. The molecule has 8 heteroatoms. The number of carbonyl (C=O) groups is 2. The Bertz CT molecular complexity index is 715. The van der Waals surface area contributed by atoms with Gasteiger partial charge in [-0.05, 0) is 38.5 Å². The van der Waals surface area contributed by atoms with Gasteiger partial charge in [-0.15, -0.1) is 0 Å². The second kappa shape index (κ2) is 7.00. The van der Waals surface area contributed by atoms with E-state index in [1.54, 1.807) is 20.8 Å². The van der Waals surface area contributed by atoms with Crippen LogP contribution in [0.2, 0.25) is 5.02 Å². The molecule has 2 rings (SSSR count). The summed E-state index contributed by atoms with van der Waals surface area (Å²) in [6.07, 6.45) is -0.311. The first-order chi connectivity index (χ1) is 11.2. The number of hydrogen-bond acceptors (Lipinski definition) is 5. The predicted octanol–water partition coefficient (Wildman–Crippen LogP) is 2.63. The lowest BCUT2D eigenvalue weighted by molar-refractivity contribution is -0.143. The topological polar surface area (TPSA) is 96.9 Å². The van der Waals surface area contributed by atoms with Crippen molar-refractivity contribution >= 4 is 23.6 Å². The number of nitrogens with one attached hydrogen (secondary N) is 2. The van der Waals surface area contributed by atoms with Crippen molar-refractivity contribution in [2.75, 3.05) is 7.11 Å². The second-order valence-corrected chi connectivity index (χ2v) is 5.99. The molecule has 0 radical (unpaired) electrons. The smallest absolute Gasteiger partial charge is 0.338 e. The quantitative estimate of drug-likeness (QED) is 0.722. The van der Waals surface area contributed by atoms with Gasteiger partial charge in [0.15, 0.2) is 11.5 Å². The maximum Gasteiger partial charge on any atom is 0.338 e. The van der Waals surface area contributed by atoms with E-state index in [-0.39, 0.29) is 28.2 Å². The zero-order valence-corrected chi connectivity index (χ0v) is 14.5. The van der Waals surface area contributed by atoms with Crippen molar-refractivity contribution in [3.05, 3.63) is 34.0 Å². The van der Waals surface area contributed by atoms with Crippen molar-refractivity contribution in [1.82, 2.24) is 10.6 Å². The average Bonchev–Trinajstić information content (AvgIpc) is 2.48. The number of hydrogen-bond donors (Lipinski definition) is 3. The molecule has 1 atom stereocenters. The largest absolute Gasteiger partial charge is 0.503 e. The molecule has 0 saturated carbocycles. The SMILES string of the molecule is COc1cc([C@H]2NC(=O)NC(C)=C2C(=O)OC(C)C)cc(Cl)c1O. The number of rotatable bonds is 4. The van der Waals surface area contributed by atoms with Gasteiger partial charge in [0.2, 0.25) is 0 Å². The van der Waals surface area contributed by atoms with Crippen LogP contribution in [0.15, 0.2) is 23.4 Å². The van der Waals surface area contributed by atoms with Gasteiger partial charge >= 0.3 is 12.0 Å². The number of halogens is 1. The first-order valence-electron chi connectivity index (χ1n) is 7.30. The molecule has 3 N–H and O–H groups in total. The lowest BCUT2D eigenvalue weighted by Gasteiger charge is -2.29. The van der Waals surface area contributed by atoms with E-state index in [0.29, 0.717) is 11.3 Å². The molecule has 0 aromatic heterocycles. The van der Waals surface area contributed by atoms with Crippen molar-refractivity contribution in [3.8, 4) is 11.5 Å². The summed E-state index contributed by atoms with van der Waals surface area (Å²) >= 11 is 6.01. The minimum Gasteiger partial charge on any atom is -0.503 e. The van der Waals surface area contributed by atoms with E-state index < -0.39 is 18.0 Å². The molecule has 1 aromatic rings. The van der Waals surface area contributed by atoms with Gasteiger partial charge in [0.05, 0.1) is 29.9 Å². The summed E-state index contributed by atoms with van der Waals surface area (Å²) < 4.78 is 10.3. The van der Waals surface area contributed by atoms with Gasteiger partial charge in [-0.1, -0.05) is 11.6 Å². The van der Waals surface area contributed by atoms with Gasteiger partial charge in [0.1, 0.15) is 0 Å². The Morgan fingerprint density at radius 1 is 1.38 bits per heavy atom. The van der Waals surface area contributed by atoms with E-state index in [0.717, 1.165) is 0 Å². The number of phenols is 1. The molecule has 1 heterocycles. The molecule has 130 valence electrons. The van der Waals surface area contributed by atoms with E-state index in [9.17, 15) is 14.7 Å². The van der Waals surface area contributed by atoms with E-state index in [1.165, 1.54) is 19.2 Å². The van der Waals surface area contributed by atoms with E-state index in [1.807, 2.05) is 0 Å². The van der Waals surface area contributed by atoms with Crippen LogP contribution in [-0.4, -0.2) is 30.3 Å². The fraction of sp³-hybridized carbons (Fsp3) is 0.375. The van der Waals surface area contributed by atoms with Crippen LogP contribution in [-0.2, 0) is 9.53 Å². The Morgan fingerprint density at radius 3 is 2.62 bits per heavy atom. The van der Waals surface area contributed by atoms with Gasteiger partial charge in [-0.25, -0.2) is 9.59 Å². The number of esters is 1. The Balaban J connectivity index is 2.53. The van der Waals surface area contributed by atoms with Crippen molar-refractivity contribution in [2.45, 2.75) is 32.9 Å². The van der Waals surface area contributed by atoms with E-state index >= 15 is 0 Å². The highest BCUT2D eigenvalue weighted by molar-refractivity contribution is 6.32. The van der Waals surface area contributed by atoms with Crippen LogP contribution in [0, 0.1) is 0 Å². The normalized spacial score (nSPS) is 17.4. The molecule has 0 fully saturated rings. The van der Waals surface area contributed by atoms with Crippen molar-refractivity contribution in [3.63, 3.8) is 0 Å². The molecule has 0 saturated heterocycles. The summed E-state index contributed by atoms with van der Waals surface area (Å²) in [6, 6.07) is 1.73. The molecule has 1 aromatic carbocycles. The van der Waals surface area contributed by atoms with Crippen LogP contribution in [0.25, 0.3) is 0 Å². The summed E-state index contributed by atoms with van der Waals surface area (Å²) in [7, 11) is 1.38. The molecule has 0 spiro atoms. The minimum atomic E-state index is -0.781. The molecule has 1 aliphatic heterocycles. The van der Waals surface area contributed by atoms with Crippen LogP contribution in [0.4, 0.5) is 4.79 Å². The molecular formula is C16H19ClN2O5. The number of carbonyl (C=O) groups excluding carboxylic acids is 2. The highest BCUT2D eigenvalue weighted by atomic mass is 35.5. The first kappa shape index (κ1) is 17.9. The lowest BCUT2D eigenvalue weighted by atomic mass is 9.95. The van der Waals surface area contributed by atoms with Gasteiger partial charge < -0.3 is 25.2 Å². The third-order valence-electron chi connectivity index (χ3n) is 3.44. The molecule has 2 amide bonds. The Kier molecular flexibility index (Phi) is 5.23. The van der Waals surface area contributed by atoms with Crippen LogP contribution in [0.3, 0.4) is 0 Å². The Hall–Kier alpha value is -2.41. The van der Waals surface area contributed by atoms with Gasteiger partial charge in [-0.3, -0.25) is 0 Å². The molecule has 0 aliphatic carbocycles. The maximum atomic E-state index is 12.4. The van der Waals surface area contributed by atoms with Gasteiger partial charge in [-0.2, -0.15) is 0 Å². The molecule has 7 nitrogen and oxygen atoms in total. The number of methoxy groups -OCH3 is 1. The highest BCUT2D eigenvalue weighted by Crippen LogP contribution is 2.39. The number of phenolic OH excluding ortho intramolecular Hbond substituents is 1. The lowest BCUT2D eigenvalue weighted by Crippen LogP contribution is -2.45. The van der Waals surface area contributed by atoms with E-state index in [4.69, 9.17) is 21.1 Å². The molecule has 0 bridgehead atoms. The summed E-state index contributed by atoms with van der Waals surface area (Å²) in [5, 5.41) is 15.1. The fourth-order valence-electron chi connectivity index (χ4n) is 2.41. The summed E-state index contributed by atoms with van der Waals surface area (Å²) in [6.45, 7) is 5.08. The number of allylic oxidation sites excluding steroid dienone is 1. The number of amides is 2.